The van der Waals surface area contributed by atoms with Gasteiger partial charge in [-0.15, -0.1) is 0 Å². The van der Waals surface area contributed by atoms with Crippen LogP contribution in [0.4, 0.5) is 0 Å². The van der Waals surface area contributed by atoms with Crippen LogP contribution in [0.2, 0.25) is 0 Å². The highest BCUT2D eigenvalue weighted by atomic mass is 16.5. The van der Waals surface area contributed by atoms with Crippen molar-refractivity contribution < 1.29 is 29.0 Å². The normalized spacial score (nSPS) is 10.8. The fourth-order valence-corrected chi connectivity index (χ4v) is 2.24. The van der Waals surface area contributed by atoms with Gasteiger partial charge in [-0.05, 0) is 19.4 Å². The fraction of sp³-hybridized carbons (Fsp3) is 0.318. The van der Waals surface area contributed by atoms with Crippen molar-refractivity contribution in [1.82, 2.24) is 0 Å². The summed E-state index contributed by atoms with van der Waals surface area (Å²) in [6, 6.07) is 17.8. The standard InChI is InChI=1S/C11H14O3.C11H12O3/c2*1-2-14-11(13)8-10(12)9-6-4-3-5-7-9/h3-7,10,12H,2,8H2,1H3;3-7H,2,8H2,1H3/t10-;/m1./s1. The summed E-state index contributed by atoms with van der Waals surface area (Å²) in [6.45, 7) is 4.11. The molecule has 0 heterocycles. The Morgan fingerprint density at radius 3 is 1.86 bits per heavy atom. The molecule has 2 aromatic carbocycles. The van der Waals surface area contributed by atoms with E-state index in [9.17, 15) is 19.5 Å². The number of rotatable bonds is 8. The quantitative estimate of drug-likeness (QED) is 0.424. The van der Waals surface area contributed by atoms with E-state index in [1.54, 1.807) is 50.2 Å². The third-order valence-electron chi connectivity index (χ3n) is 3.56. The first-order valence-electron chi connectivity index (χ1n) is 9.10. The van der Waals surface area contributed by atoms with Crippen LogP contribution < -0.4 is 0 Å². The lowest BCUT2D eigenvalue weighted by Gasteiger charge is -2.09. The molecule has 0 aliphatic heterocycles. The highest BCUT2D eigenvalue weighted by molar-refractivity contribution is 6.05. The molecule has 2 rings (SSSR count). The van der Waals surface area contributed by atoms with Crippen LogP contribution in [0.5, 0.6) is 0 Å². The zero-order chi connectivity index (χ0) is 20.8. The van der Waals surface area contributed by atoms with Crippen molar-refractivity contribution in [3.8, 4) is 0 Å². The van der Waals surface area contributed by atoms with Crippen molar-refractivity contribution in [2.24, 2.45) is 0 Å². The van der Waals surface area contributed by atoms with Crippen LogP contribution in [0.25, 0.3) is 0 Å². The van der Waals surface area contributed by atoms with Crippen LogP contribution in [-0.2, 0) is 19.1 Å². The van der Waals surface area contributed by atoms with E-state index in [0.29, 0.717) is 18.8 Å². The first-order valence-corrected chi connectivity index (χ1v) is 9.10. The molecule has 0 fully saturated rings. The van der Waals surface area contributed by atoms with Gasteiger partial charge in [0.15, 0.2) is 5.78 Å². The monoisotopic (exact) mass is 386 g/mol. The predicted molar refractivity (Wildman–Crippen MR) is 105 cm³/mol. The Kier molecular flexibility index (Phi) is 10.9. The van der Waals surface area contributed by atoms with Gasteiger partial charge in [0.1, 0.15) is 6.42 Å². The van der Waals surface area contributed by atoms with Gasteiger partial charge in [0.2, 0.25) is 0 Å². The van der Waals surface area contributed by atoms with Crippen molar-refractivity contribution in [3.05, 3.63) is 71.8 Å². The van der Waals surface area contributed by atoms with E-state index in [4.69, 9.17) is 4.74 Å². The molecule has 0 saturated carbocycles. The molecule has 0 spiro atoms. The summed E-state index contributed by atoms with van der Waals surface area (Å²) in [6.07, 6.45) is -0.939. The molecule has 0 aliphatic rings. The smallest absolute Gasteiger partial charge is 0.313 e. The number of aliphatic hydroxyl groups excluding tert-OH is 1. The van der Waals surface area contributed by atoms with Gasteiger partial charge in [-0.2, -0.15) is 0 Å². The molecule has 0 aliphatic carbocycles. The maximum atomic E-state index is 11.4. The lowest BCUT2D eigenvalue weighted by molar-refractivity contribution is -0.145. The predicted octanol–water partition coefficient (Wildman–Crippen LogP) is 3.50. The summed E-state index contributed by atoms with van der Waals surface area (Å²) >= 11 is 0. The molecule has 1 atom stereocenters. The average Bonchev–Trinajstić information content (AvgIpc) is 2.70. The molecule has 0 radical (unpaired) electrons. The fourth-order valence-electron chi connectivity index (χ4n) is 2.24. The Labute approximate surface area is 165 Å². The first kappa shape index (κ1) is 23.0. The lowest BCUT2D eigenvalue weighted by atomic mass is 10.1. The minimum Gasteiger partial charge on any atom is -0.466 e. The van der Waals surface area contributed by atoms with E-state index in [1.165, 1.54) is 0 Å². The van der Waals surface area contributed by atoms with Crippen molar-refractivity contribution >= 4 is 17.7 Å². The number of ketones is 1. The van der Waals surface area contributed by atoms with E-state index < -0.39 is 12.1 Å². The second kappa shape index (κ2) is 13.2. The Hall–Kier alpha value is -2.99. The van der Waals surface area contributed by atoms with Gasteiger partial charge in [0, 0.05) is 5.56 Å². The second-order valence-electron chi connectivity index (χ2n) is 5.71. The van der Waals surface area contributed by atoms with Gasteiger partial charge in [-0.3, -0.25) is 14.4 Å². The molecule has 0 saturated heterocycles. The Morgan fingerprint density at radius 2 is 1.32 bits per heavy atom. The van der Waals surface area contributed by atoms with E-state index >= 15 is 0 Å². The van der Waals surface area contributed by atoms with Crippen molar-refractivity contribution in [2.45, 2.75) is 32.8 Å². The molecule has 0 unspecified atom stereocenters. The number of esters is 2. The summed E-state index contributed by atoms with van der Waals surface area (Å²) in [5.41, 5.74) is 1.28. The van der Waals surface area contributed by atoms with Crippen molar-refractivity contribution in [2.75, 3.05) is 13.2 Å². The van der Waals surface area contributed by atoms with Gasteiger partial charge in [-0.1, -0.05) is 60.7 Å². The highest BCUT2D eigenvalue weighted by Gasteiger charge is 2.13. The van der Waals surface area contributed by atoms with Crippen LogP contribution in [0.1, 0.15) is 48.7 Å². The summed E-state index contributed by atoms with van der Waals surface area (Å²) in [7, 11) is 0. The maximum absolute atomic E-state index is 11.4. The molecule has 150 valence electrons. The largest absolute Gasteiger partial charge is 0.466 e. The molecule has 0 bridgehead atoms. The van der Waals surface area contributed by atoms with Crippen LogP contribution >= 0.6 is 0 Å². The molecular formula is C22H26O6. The Balaban J connectivity index is 0.000000280. The Morgan fingerprint density at radius 1 is 0.821 bits per heavy atom. The minimum absolute atomic E-state index is 0.0118. The maximum Gasteiger partial charge on any atom is 0.313 e. The summed E-state index contributed by atoms with van der Waals surface area (Å²) in [5, 5.41) is 9.62. The molecule has 1 N–H and O–H groups in total. The summed E-state index contributed by atoms with van der Waals surface area (Å²) in [4.78, 5) is 33.5. The number of carbonyl (C=O) groups is 3. The zero-order valence-corrected chi connectivity index (χ0v) is 16.2. The average molecular weight is 386 g/mol. The molecule has 6 nitrogen and oxygen atoms in total. The first-order chi connectivity index (χ1) is 13.5. The zero-order valence-electron chi connectivity index (χ0n) is 16.2. The molecule has 0 aromatic heterocycles. The third-order valence-corrected chi connectivity index (χ3v) is 3.56. The number of hydrogen-bond donors (Lipinski definition) is 1. The molecule has 6 heteroatoms. The number of hydrogen-bond acceptors (Lipinski definition) is 6. The summed E-state index contributed by atoms with van der Waals surface area (Å²) in [5.74, 6) is -1.05. The summed E-state index contributed by atoms with van der Waals surface area (Å²) < 4.78 is 9.41. The Bertz CT molecular complexity index is 727. The van der Waals surface area contributed by atoms with E-state index in [0.717, 1.165) is 5.56 Å². The number of Topliss-reactive ketones (excluding diaryl/α,β-unsaturated/α-hetero) is 1. The number of benzene rings is 2. The molecule has 0 amide bonds. The number of carbonyl (C=O) groups excluding carboxylic acids is 3. The van der Waals surface area contributed by atoms with Gasteiger partial charge >= 0.3 is 11.9 Å². The van der Waals surface area contributed by atoms with Gasteiger partial charge < -0.3 is 14.6 Å². The molecular weight excluding hydrogens is 360 g/mol. The van der Waals surface area contributed by atoms with Gasteiger partial charge in [0.25, 0.3) is 0 Å². The minimum atomic E-state index is -0.768. The number of ether oxygens (including phenoxy) is 2. The topological polar surface area (TPSA) is 89.9 Å². The lowest BCUT2D eigenvalue weighted by Crippen LogP contribution is -2.11. The van der Waals surface area contributed by atoms with Crippen molar-refractivity contribution in [3.63, 3.8) is 0 Å². The van der Waals surface area contributed by atoms with Crippen LogP contribution in [0, 0.1) is 0 Å². The SMILES string of the molecule is CCOC(=O)CC(=O)c1ccccc1.CCOC(=O)C[C@@H](O)c1ccccc1. The highest BCUT2D eigenvalue weighted by Crippen LogP contribution is 2.16. The van der Waals surface area contributed by atoms with E-state index in [2.05, 4.69) is 4.74 Å². The number of aliphatic hydroxyl groups is 1. The third kappa shape index (κ3) is 9.09. The van der Waals surface area contributed by atoms with Gasteiger partial charge in [-0.25, -0.2) is 0 Å². The van der Waals surface area contributed by atoms with E-state index in [1.807, 2.05) is 24.3 Å². The van der Waals surface area contributed by atoms with Crippen molar-refractivity contribution in [1.29, 1.82) is 0 Å². The molecule has 28 heavy (non-hydrogen) atoms. The van der Waals surface area contributed by atoms with Crippen LogP contribution in [0.15, 0.2) is 60.7 Å². The molecule has 2 aromatic rings. The van der Waals surface area contributed by atoms with E-state index in [-0.39, 0.29) is 24.6 Å². The second-order valence-corrected chi connectivity index (χ2v) is 5.71. The van der Waals surface area contributed by atoms with Crippen LogP contribution in [-0.4, -0.2) is 36.0 Å². The van der Waals surface area contributed by atoms with Crippen LogP contribution in [0.3, 0.4) is 0 Å². The van der Waals surface area contributed by atoms with Gasteiger partial charge in [0.05, 0.1) is 25.7 Å².